The van der Waals surface area contributed by atoms with Crippen molar-refractivity contribution in [3.05, 3.63) is 53.6 Å². The third-order valence-electron chi connectivity index (χ3n) is 3.07. The normalized spacial score (nSPS) is 11.6. The smallest absolute Gasteiger partial charge is 0.422 e. The Morgan fingerprint density at radius 3 is 2.36 bits per heavy atom. The predicted octanol–water partition coefficient (Wildman–Crippen LogP) is 3.61. The van der Waals surface area contributed by atoms with Gasteiger partial charge in [0.05, 0.1) is 16.1 Å². The van der Waals surface area contributed by atoms with E-state index in [-0.39, 0.29) is 21.9 Å². The lowest BCUT2D eigenvalue weighted by molar-refractivity contribution is -0.153. The summed E-state index contributed by atoms with van der Waals surface area (Å²) in [7, 11) is -3.88. The van der Waals surface area contributed by atoms with E-state index in [2.05, 4.69) is 9.46 Å². The van der Waals surface area contributed by atoms with Crippen molar-refractivity contribution in [3.8, 4) is 11.8 Å². The SMILES string of the molecule is Cc1ccc(S(=O)(=O)Nc2ccc(OCC(F)(F)F)c(C#N)c2)cc1. The maximum atomic E-state index is 12.3. The Kier molecular flexibility index (Phi) is 5.23. The lowest BCUT2D eigenvalue weighted by atomic mass is 10.2. The molecule has 0 unspecified atom stereocenters. The molecule has 132 valence electrons. The minimum absolute atomic E-state index is 0.0222. The van der Waals surface area contributed by atoms with Crippen LogP contribution in [0.2, 0.25) is 0 Å². The number of aryl methyl sites for hydroxylation is 1. The number of hydrogen-bond acceptors (Lipinski definition) is 4. The Balaban J connectivity index is 2.23. The number of halogens is 3. The van der Waals surface area contributed by atoms with Gasteiger partial charge in [-0.2, -0.15) is 18.4 Å². The van der Waals surface area contributed by atoms with Gasteiger partial charge in [0.1, 0.15) is 11.8 Å². The number of nitrogens with zero attached hydrogens (tertiary/aromatic N) is 1. The van der Waals surface area contributed by atoms with Crippen LogP contribution in [0.25, 0.3) is 0 Å². The molecular formula is C16H13F3N2O3S. The zero-order valence-corrected chi connectivity index (χ0v) is 13.8. The van der Waals surface area contributed by atoms with Gasteiger partial charge in [-0.25, -0.2) is 8.42 Å². The van der Waals surface area contributed by atoms with Crippen LogP contribution in [0.4, 0.5) is 18.9 Å². The number of benzene rings is 2. The number of sulfonamides is 1. The first-order valence-electron chi connectivity index (χ1n) is 6.94. The summed E-state index contributed by atoms with van der Waals surface area (Å²) in [5, 5.41) is 9.03. The Bertz CT molecular complexity index is 902. The van der Waals surface area contributed by atoms with Crippen LogP contribution in [0, 0.1) is 18.3 Å². The summed E-state index contributed by atoms with van der Waals surface area (Å²) in [5.41, 5.74) is 0.710. The molecule has 0 heterocycles. The molecular weight excluding hydrogens is 357 g/mol. The van der Waals surface area contributed by atoms with E-state index in [1.54, 1.807) is 18.2 Å². The van der Waals surface area contributed by atoms with Gasteiger partial charge in [-0.3, -0.25) is 4.72 Å². The molecule has 0 radical (unpaired) electrons. The quantitative estimate of drug-likeness (QED) is 0.872. The van der Waals surface area contributed by atoms with Crippen molar-refractivity contribution < 1.29 is 26.3 Å². The highest BCUT2D eigenvalue weighted by Crippen LogP contribution is 2.26. The van der Waals surface area contributed by atoms with Crippen molar-refractivity contribution in [1.29, 1.82) is 5.26 Å². The van der Waals surface area contributed by atoms with Crippen LogP contribution in [0.5, 0.6) is 5.75 Å². The van der Waals surface area contributed by atoms with E-state index in [0.717, 1.165) is 17.7 Å². The molecule has 5 nitrogen and oxygen atoms in total. The van der Waals surface area contributed by atoms with Gasteiger partial charge in [0.2, 0.25) is 0 Å². The highest BCUT2D eigenvalue weighted by atomic mass is 32.2. The summed E-state index contributed by atoms with van der Waals surface area (Å²) in [6.45, 7) is 0.263. The Morgan fingerprint density at radius 2 is 1.80 bits per heavy atom. The molecule has 0 atom stereocenters. The van der Waals surface area contributed by atoms with E-state index in [1.165, 1.54) is 18.2 Å². The molecule has 2 aromatic carbocycles. The molecule has 0 aromatic heterocycles. The maximum absolute atomic E-state index is 12.3. The minimum atomic E-state index is -4.54. The van der Waals surface area contributed by atoms with Crippen LogP contribution in [0.1, 0.15) is 11.1 Å². The molecule has 2 aromatic rings. The Hall–Kier alpha value is -2.73. The van der Waals surface area contributed by atoms with Crippen LogP contribution in [0.15, 0.2) is 47.4 Å². The molecule has 0 fully saturated rings. The van der Waals surface area contributed by atoms with Crippen LogP contribution in [-0.2, 0) is 10.0 Å². The van der Waals surface area contributed by atoms with E-state index < -0.39 is 22.8 Å². The zero-order valence-electron chi connectivity index (χ0n) is 13.0. The highest BCUT2D eigenvalue weighted by molar-refractivity contribution is 7.92. The first-order chi connectivity index (χ1) is 11.6. The van der Waals surface area contributed by atoms with E-state index in [1.807, 2.05) is 6.92 Å². The van der Waals surface area contributed by atoms with Gasteiger partial charge in [0.15, 0.2) is 6.61 Å². The van der Waals surface area contributed by atoms with E-state index >= 15 is 0 Å². The lowest BCUT2D eigenvalue weighted by Crippen LogP contribution is -2.19. The molecule has 0 saturated heterocycles. The maximum Gasteiger partial charge on any atom is 0.422 e. The van der Waals surface area contributed by atoms with Gasteiger partial charge in [-0.1, -0.05) is 17.7 Å². The van der Waals surface area contributed by atoms with Gasteiger partial charge in [0, 0.05) is 0 Å². The molecule has 25 heavy (non-hydrogen) atoms. The van der Waals surface area contributed by atoms with E-state index in [4.69, 9.17) is 5.26 Å². The van der Waals surface area contributed by atoms with Crippen LogP contribution in [0.3, 0.4) is 0 Å². The summed E-state index contributed by atoms with van der Waals surface area (Å²) in [5.74, 6) is -0.280. The number of alkyl halides is 3. The van der Waals surface area contributed by atoms with Gasteiger partial charge in [0.25, 0.3) is 10.0 Å². The van der Waals surface area contributed by atoms with Gasteiger partial charge in [-0.05, 0) is 37.3 Å². The molecule has 1 N–H and O–H groups in total. The summed E-state index contributed by atoms with van der Waals surface area (Å²) in [6.07, 6.45) is -4.54. The Morgan fingerprint density at radius 1 is 1.16 bits per heavy atom. The lowest BCUT2D eigenvalue weighted by Gasteiger charge is -2.12. The molecule has 0 aliphatic rings. The fourth-order valence-electron chi connectivity index (χ4n) is 1.90. The summed E-state index contributed by atoms with van der Waals surface area (Å²) >= 11 is 0. The third kappa shape index (κ3) is 5.12. The average molecular weight is 370 g/mol. The molecule has 0 aliphatic heterocycles. The summed E-state index contributed by atoms with van der Waals surface area (Å²) in [6, 6.07) is 11.2. The second-order valence-corrected chi connectivity index (χ2v) is 6.83. The molecule has 0 aliphatic carbocycles. The number of nitriles is 1. The fraction of sp³-hybridized carbons (Fsp3) is 0.188. The van der Waals surface area contributed by atoms with Crippen molar-refractivity contribution >= 4 is 15.7 Å². The number of rotatable bonds is 5. The number of ether oxygens (including phenoxy) is 1. The van der Waals surface area contributed by atoms with Crippen LogP contribution < -0.4 is 9.46 Å². The summed E-state index contributed by atoms with van der Waals surface area (Å²) in [4.78, 5) is 0.0222. The molecule has 0 bridgehead atoms. The molecule has 9 heteroatoms. The van der Waals surface area contributed by atoms with E-state index in [9.17, 15) is 21.6 Å². The van der Waals surface area contributed by atoms with Crippen LogP contribution >= 0.6 is 0 Å². The molecule has 0 saturated carbocycles. The zero-order chi connectivity index (χ0) is 18.7. The van der Waals surface area contributed by atoms with Gasteiger partial charge in [-0.15, -0.1) is 0 Å². The predicted molar refractivity (Wildman–Crippen MR) is 84.7 cm³/mol. The standard InChI is InChI=1S/C16H13F3N2O3S/c1-11-2-5-14(6-3-11)25(22,23)21-13-4-7-15(12(8-13)9-20)24-10-16(17,18)19/h2-8,21H,10H2,1H3. The Labute approximate surface area is 142 Å². The fourth-order valence-corrected chi connectivity index (χ4v) is 2.95. The topological polar surface area (TPSA) is 79.2 Å². The third-order valence-corrected chi connectivity index (χ3v) is 4.47. The first-order valence-corrected chi connectivity index (χ1v) is 8.42. The second kappa shape index (κ2) is 7.03. The van der Waals surface area contributed by atoms with Crippen molar-refractivity contribution in [2.24, 2.45) is 0 Å². The van der Waals surface area contributed by atoms with Crippen molar-refractivity contribution in [3.63, 3.8) is 0 Å². The van der Waals surface area contributed by atoms with Crippen molar-refractivity contribution in [2.45, 2.75) is 18.0 Å². The molecule has 0 spiro atoms. The number of anilines is 1. The first kappa shape index (κ1) is 18.6. The van der Waals surface area contributed by atoms with E-state index in [0.29, 0.717) is 0 Å². The van der Waals surface area contributed by atoms with Crippen LogP contribution in [-0.4, -0.2) is 21.2 Å². The minimum Gasteiger partial charge on any atom is -0.483 e. The molecule has 2 rings (SSSR count). The summed E-state index contributed by atoms with van der Waals surface area (Å²) < 4.78 is 68.0. The largest absolute Gasteiger partial charge is 0.483 e. The average Bonchev–Trinajstić information content (AvgIpc) is 2.52. The van der Waals surface area contributed by atoms with Crippen molar-refractivity contribution in [2.75, 3.05) is 11.3 Å². The second-order valence-electron chi connectivity index (χ2n) is 5.15. The molecule has 0 amide bonds. The number of nitrogens with one attached hydrogen (secondary N) is 1. The monoisotopic (exact) mass is 370 g/mol. The van der Waals surface area contributed by atoms with Gasteiger partial charge >= 0.3 is 6.18 Å². The van der Waals surface area contributed by atoms with Crippen molar-refractivity contribution in [1.82, 2.24) is 0 Å². The highest BCUT2D eigenvalue weighted by Gasteiger charge is 2.29. The van der Waals surface area contributed by atoms with Gasteiger partial charge < -0.3 is 4.74 Å². The number of hydrogen-bond donors (Lipinski definition) is 1.